The van der Waals surface area contributed by atoms with Gasteiger partial charge in [-0.2, -0.15) is 0 Å². The minimum absolute atomic E-state index is 0.0544. The standard InChI is InChI=1S/C24H28ClN3O3/c1-3-6-16-9-10-19-22-21(23(30)26-4-2)18(14-29)20(13-28(19)24(16)31)27(22)12-15-7-5-8-17(25)11-15/h3,5-11,18,20-22,29H,4,12-14H2,1-2H3,(H,26,30)/b6-3+/t18-,20-,21+,22+/m1/s1. The Morgan fingerprint density at radius 3 is 2.81 bits per heavy atom. The Balaban J connectivity index is 1.83. The quantitative estimate of drug-likeness (QED) is 0.722. The third kappa shape index (κ3) is 3.84. The number of aliphatic hydroxyl groups excluding tert-OH is 1. The molecule has 0 spiro atoms. The number of carbonyl (C=O) groups is 1. The third-order valence-corrected chi connectivity index (χ3v) is 6.69. The molecule has 164 valence electrons. The molecule has 0 aliphatic carbocycles. The molecule has 3 heterocycles. The Kier molecular flexibility index (Phi) is 6.32. The minimum Gasteiger partial charge on any atom is -0.396 e. The van der Waals surface area contributed by atoms with Crippen LogP contribution in [0, 0.1) is 11.8 Å². The maximum atomic E-state index is 13.1. The number of carbonyl (C=O) groups excluding carboxylic acids is 1. The minimum atomic E-state index is -0.435. The molecule has 2 aliphatic rings. The number of pyridine rings is 1. The van der Waals surface area contributed by atoms with Gasteiger partial charge in [-0.15, -0.1) is 0 Å². The lowest BCUT2D eigenvalue weighted by Crippen LogP contribution is -2.46. The smallest absolute Gasteiger partial charge is 0.258 e. The molecule has 2 aliphatic heterocycles. The van der Waals surface area contributed by atoms with Crippen molar-refractivity contribution in [1.29, 1.82) is 0 Å². The lowest BCUT2D eigenvalue weighted by molar-refractivity contribution is -0.127. The molecule has 2 N–H and O–H groups in total. The van der Waals surface area contributed by atoms with E-state index >= 15 is 0 Å². The highest BCUT2D eigenvalue weighted by Crippen LogP contribution is 2.49. The number of rotatable bonds is 6. The molecule has 31 heavy (non-hydrogen) atoms. The second-order valence-corrected chi connectivity index (χ2v) is 8.65. The number of hydrogen-bond donors (Lipinski definition) is 2. The van der Waals surface area contributed by atoms with E-state index in [1.165, 1.54) is 0 Å². The molecule has 2 aromatic rings. The predicted molar refractivity (Wildman–Crippen MR) is 122 cm³/mol. The molecule has 1 aromatic heterocycles. The summed E-state index contributed by atoms with van der Waals surface area (Å²) >= 11 is 6.20. The van der Waals surface area contributed by atoms with Gasteiger partial charge in [-0.05, 0) is 43.7 Å². The number of allylic oxidation sites excluding steroid dienone is 1. The van der Waals surface area contributed by atoms with Gasteiger partial charge in [-0.1, -0.05) is 35.9 Å². The summed E-state index contributed by atoms with van der Waals surface area (Å²) in [4.78, 5) is 28.5. The number of aromatic nitrogens is 1. The average molecular weight is 442 g/mol. The van der Waals surface area contributed by atoms with Crippen molar-refractivity contribution in [3.63, 3.8) is 0 Å². The van der Waals surface area contributed by atoms with Crippen molar-refractivity contribution >= 4 is 23.6 Å². The molecule has 1 fully saturated rings. The highest BCUT2D eigenvalue weighted by atomic mass is 35.5. The Morgan fingerprint density at radius 1 is 1.32 bits per heavy atom. The largest absolute Gasteiger partial charge is 0.396 e. The molecule has 4 rings (SSSR count). The third-order valence-electron chi connectivity index (χ3n) is 6.45. The van der Waals surface area contributed by atoms with Crippen LogP contribution in [-0.2, 0) is 17.9 Å². The second-order valence-electron chi connectivity index (χ2n) is 8.21. The van der Waals surface area contributed by atoms with Crippen molar-refractivity contribution in [2.24, 2.45) is 11.8 Å². The van der Waals surface area contributed by atoms with E-state index in [-0.39, 0.29) is 36.1 Å². The zero-order chi connectivity index (χ0) is 22.1. The topological polar surface area (TPSA) is 74.6 Å². The van der Waals surface area contributed by atoms with E-state index < -0.39 is 5.92 Å². The first-order valence-corrected chi connectivity index (χ1v) is 11.1. The summed E-state index contributed by atoms with van der Waals surface area (Å²) < 4.78 is 1.79. The van der Waals surface area contributed by atoms with Crippen LogP contribution in [0.15, 0.2) is 47.3 Å². The first-order chi connectivity index (χ1) is 15.0. The van der Waals surface area contributed by atoms with Crippen LogP contribution in [0.5, 0.6) is 0 Å². The van der Waals surface area contributed by atoms with Gasteiger partial charge in [-0.3, -0.25) is 14.5 Å². The van der Waals surface area contributed by atoms with E-state index in [0.29, 0.717) is 30.2 Å². The van der Waals surface area contributed by atoms with Gasteiger partial charge in [0.25, 0.3) is 5.56 Å². The van der Waals surface area contributed by atoms with E-state index in [2.05, 4.69) is 10.2 Å². The van der Waals surface area contributed by atoms with Crippen molar-refractivity contribution in [3.8, 4) is 0 Å². The van der Waals surface area contributed by atoms with Gasteiger partial charge in [0.2, 0.25) is 5.91 Å². The number of nitrogens with one attached hydrogen (secondary N) is 1. The number of fused-ring (bicyclic) bond motifs is 4. The van der Waals surface area contributed by atoms with Gasteiger partial charge in [-0.25, -0.2) is 0 Å². The van der Waals surface area contributed by atoms with Gasteiger partial charge in [0.05, 0.1) is 12.0 Å². The fraction of sp³-hybridized carbons (Fsp3) is 0.417. The second kappa shape index (κ2) is 8.99. The number of nitrogens with zero attached hydrogens (tertiary/aromatic N) is 2. The van der Waals surface area contributed by atoms with Crippen LogP contribution in [0.2, 0.25) is 5.02 Å². The number of hydrogen-bond acceptors (Lipinski definition) is 4. The van der Waals surface area contributed by atoms with E-state index in [4.69, 9.17) is 11.6 Å². The summed E-state index contributed by atoms with van der Waals surface area (Å²) in [7, 11) is 0. The molecule has 0 saturated carbocycles. The number of halogens is 1. The molecule has 2 bridgehead atoms. The Labute approximate surface area is 187 Å². The van der Waals surface area contributed by atoms with E-state index in [1.54, 1.807) is 10.6 Å². The predicted octanol–water partition coefficient (Wildman–Crippen LogP) is 2.83. The highest BCUT2D eigenvalue weighted by molar-refractivity contribution is 6.30. The maximum Gasteiger partial charge on any atom is 0.258 e. The molecule has 6 nitrogen and oxygen atoms in total. The zero-order valence-corrected chi connectivity index (χ0v) is 18.5. The fourth-order valence-electron chi connectivity index (χ4n) is 5.20. The van der Waals surface area contributed by atoms with E-state index in [1.807, 2.05) is 56.3 Å². The number of aliphatic hydroxyl groups is 1. The van der Waals surface area contributed by atoms with Gasteiger partial charge in [0.15, 0.2) is 0 Å². The van der Waals surface area contributed by atoms with Gasteiger partial charge in [0.1, 0.15) is 0 Å². The van der Waals surface area contributed by atoms with Crippen molar-refractivity contribution in [2.45, 2.75) is 39.0 Å². The highest BCUT2D eigenvalue weighted by Gasteiger charge is 2.55. The van der Waals surface area contributed by atoms with Crippen LogP contribution in [0.1, 0.15) is 36.7 Å². The lowest BCUT2D eigenvalue weighted by atomic mass is 9.86. The first kappa shape index (κ1) is 21.8. The Hall–Kier alpha value is -2.41. The number of amides is 1. The van der Waals surface area contributed by atoms with E-state index in [9.17, 15) is 14.7 Å². The average Bonchev–Trinajstić information content (AvgIpc) is 2.95. The van der Waals surface area contributed by atoms with Crippen LogP contribution in [0.4, 0.5) is 0 Å². The maximum absolute atomic E-state index is 13.1. The number of benzene rings is 1. The van der Waals surface area contributed by atoms with Crippen LogP contribution in [-0.4, -0.2) is 39.7 Å². The Morgan fingerprint density at radius 2 is 2.13 bits per heavy atom. The van der Waals surface area contributed by atoms with Crippen LogP contribution in [0.3, 0.4) is 0 Å². The molecule has 7 heteroatoms. The summed E-state index contributed by atoms with van der Waals surface area (Å²) in [5.74, 6) is -0.779. The fourth-order valence-corrected chi connectivity index (χ4v) is 5.42. The van der Waals surface area contributed by atoms with Crippen molar-refractivity contribution in [1.82, 2.24) is 14.8 Å². The van der Waals surface area contributed by atoms with Crippen LogP contribution in [0.25, 0.3) is 6.08 Å². The summed E-state index contributed by atoms with van der Waals surface area (Å²) in [5, 5.41) is 13.9. The molecule has 0 radical (unpaired) electrons. The molecular weight excluding hydrogens is 414 g/mol. The SMILES string of the molecule is C/C=C/c1ccc2n(c1=O)C[C@@H]1[C@@H](CO)[C@H](C(=O)NCC)[C@H]2N1Cc1cccc(Cl)c1. The molecule has 1 amide bonds. The van der Waals surface area contributed by atoms with Gasteiger partial charge >= 0.3 is 0 Å². The normalized spacial score (nSPS) is 25.0. The van der Waals surface area contributed by atoms with Crippen molar-refractivity contribution in [3.05, 3.63) is 74.7 Å². The molecule has 1 aromatic carbocycles. The summed E-state index contributed by atoms with van der Waals surface area (Å²) in [6, 6.07) is 11.0. The van der Waals surface area contributed by atoms with Gasteiger partial charge < -0.3 is 15.0 Å². The molecule has 0 unspecified atom stereocenters. The van der Waals surface area contributed by atoms with Crippen LogP contribution >= 0.6 is 11.6 Å². The Bertz CT molecular complexity index is 1060. The summed E-state index contributed by atoms with van der Waals surface area (Å²) in [5.41, 5.74) is 2.44. The van der Waals surface area contributed by atoms with Gasteiger partial charge in [0, 0.05) is 54.5 Å². The summed E-state index contributed by atoms with van der Waals surface area (Å²) in [6.07, 6.45) is 3.65. The summed E-state index contributed by atoms with van der Waals surface area (Å²) in [6.45, 7) is 5.21. The molecule has 1 saturated heterocycles. The molecule has 4 atom stereocenters. The monoisotopic (exact) mass is 441 g/mol. The lowest BCUT2D eigenvalue weighted by Gasteiger charge is -2.38. The van der Waals surface area contributed by atoms with Crippen LogP contribution < -0.4 is 10.9 Å². The van der Waals surface area contributed by atoms with Crippen molar-refractivity contribution in [2.75, 3.05) is 13.2 Å². The van der Waals surface area contributed by atoms with E-state index in [0.717, 1.165) is 11.3 Å². The zero-order valence-electron chi connectivity index (χ0n) is 17.8. The van der Waals surface area contributed by atoms with Crippen molar-refractivity contribution < 1.29 is 9.90 Å². The first-order valence-electron chi connectivity index (χ1n) is 10.7. The molecular formula is C24H28ClN3O3.